The maximum absolute atomic E-state index is 11.3. The first kappa shape index (κ1) is 13.7. The van der Waals surface area contributed by atoms with Crippen molar-refractivity contribution in [2.24, 2.45) is 0 Å². The molecule has 0 amide bonds. The van der Waals surface area contributed by atoms with E-state index < -0.39 is 5.97 Å². The van der Waals surface area contributed by atoms with Crippen LogP contribution in [0.25, 0.3) is 11.3 Å². The van der Waals surface area contributed by atoms with Gasteiger partial charge in [-0.1, -0.05) is 42.5 Å². The van der Waals surface area contributed by atoms with Crippen molar-refractivity contribution in [2.75, 3.05) is 11.1 Å². The van der Waals surface area contributed by atoms with Gasteiger partial charge < -0.3 is 20.6 Å². The molecule has 0 atom stereocenters. The summed E-state index contributed by atoms with van der Waals surface area (Å²) in [5.41, 5.74) is 7.52. The molecule has 4 N–H and O–H groups in total. The molecule has 110 valence electrons. The average Bonchev–Trinajstić information content (AvgIpc) is 2.89. The Balaban J connectivity index is 2.03. The fraction of sp³-hybridized carbons (Fsp3) is 0. The van der Waals surface area contributed by atoms with E-state index in [0.717, 1.165) is 5.56 Å². The number of nitrogens with zero attached hydrogens (tertiary/aromatic N) is 1. The van der Waals surface area contributed by atoms with E-state index in [1.807, 2.05) is 30.3 Å². The quantitative estimate of drug-likeness (QED) is 0.682. The SMILES string of the molecule is Nc1nc(-c2ccccc2)c(Nc2ccccc2C(=O)O)o1. The van der Waals surface area contributed by atoms with Crippen LogP contribution in [0.5, 0.6) is 0 Å². The van der Waals surface area contributed by atoms with Crippen LogP contribution in [-0.2, 0) is 0 Å². The highest BCUT2D eigenvalue weighted by Gasteiger charge is 2.16. The van der Waals surface area contributed by atoms with Gasteiger partial charge in [-0.05, 0) is 12.1 Å². The Hall–Kier alpha value is -3.28. The van der Waals surface area contributed by atoms with E-state index >= 15 is 0 Å². The third kappa shape index (κ3) is 2.62. The number of nitrogen functional groups attached to an aromatic ring is 1. The van der Waals surface area contributed by atoms with Crippen molar-refractivity contribution in [1.82, 2.24) is 4.98 Å². The molecule has 0 unspecified atom stereocenters. The predicted octanol–water partition coefficient (Wildman–Crippen LogP) is 3.37. The molecular weight excluding hydrogens is 282 g/mol. The molecule has 0 bridgehead atoms. The van der Waals surface area contributed by atoms with Crippen molar-refractivity contribution in [3.05, 3.63) is 60.2 Å². The van der Waals surface area contributed by atoms with Gasteiger partial charge in [-0.25, -0.2) is 4.79 Å². The van der Waals surface area contributed by atoms with E-state index in [-0.39, 0.29) is 11.6 Å². The van der Waals surface area contributed by atoms with Gasteiger partial charge in [0.1, 0.15) is 5.69 Å². The van der Waals surface area contributed by atoms with Crippen LogP contribution in [0.15, 0.2) is 59.0 Å². The van der Waals surface area contributed by atoms with Crippen molar-refractivity contribution in [3.63, 3.8) is 0 Å². The summed E-state index contributed by atoms with van der Waals surface area (Å²) in [5.74, 6) is -0.728. The highest BCUT2D eigenvalue weighted by Crippen LogP contribution is 2.32. The number of hydrogen-bond donors (Lipinski definition) is 3. The minimum absolute atomic E-state index is 0.00848. The lowest BCUT2D eigenvalue weighted by Crippen LogP contribution is -2.02. The zero-order chi connectivity index (χ0) is 15.5. The average molecular weight is 295 g/mol. The summed E-state index contributed by atoms with van der Waals surface area (Å²) in [6.07, 6.45) is 0. The van der Waals surface area contributed by atoms with Gasteiger partial charge in [0.05, 0.1) is 11.3 Å². The molecule has 1 aromatic heterocycles. The fourth-order valence-corrected chi connectivity index (χ4v) is 2.11. The number of aromatic carboxylic acids is 1. The van der Waals surface area contributed by atoms with Crippen LogP contribution in [0.3, 0.4) is 0 Å². The summed E-state index contributed by atoms with van der Waals surface area (Å²) in [6.45, 7) is 0. The molecule has 0 saturated carbocycles. The lowest BCUT2D eigenvalue weighted by Gasteiger charge is -2.08. The Labute approximate surface area is 126 Å². The Bertz CT molecular complexity index is 813. The van der Waals surface area contributed by atoms with Crippen LogP contribution in [0.2, 0.25) is 0 Å². The number of para-hydroxylation sites is 1. The number of rotatable bonds is 4. The van der Waals surface area contributed by atoms with Crippen LogP contribution < -0.4 is 11.1 Å². The molecule has 0 radical (unpaired) electrons. The highest BCUT2D eigenvalue weighted by atomic mass is 16.4. The molecule has 2 aromatic carbocycles. The second-order valence-corrected chi connectivity index (χ2v) is 4.57. The Morgan fingerprint density at radius 3 is 2.50 bits per heavy atom. The molecule has 22 heavy (non-hydrogen) atoms. The number of oxazole rings is 1. The number of aromatic nitrogens is 1. The van der Waals surface area contributed by atoms with Crippen LogP contribution in [0, 0.1) is 0 Å². The largest absolute Gasteiger partial charge is 0.478 e. The molecule has 6 heteroatoms. The standard InChI is InChI=1S/C16H13N3O3/c17-16-19-13(10-6-2-1-3-7-10)14(22-16)18-12-9-5-4-8-11(12)15(20)21/h1-9,18H,(H2,17,19)(H,20,21). The van der Waals surface area contributed by atoms with Crippen molar-refractivity contribution in [3.8, 4) is 11.3 Å². The second kappa shape index (κ2) is 5.61. The maximum Gasteiger partial charge on any atom is 0.337 e. The molecule has 0 saturated heterocycles. The number of anilines is 3. The summed E-state index contributed by atoms with van der Waals surface area (Å²) in [5, 5.41) is 12.2. The molecule has 1 heterocycles. The number of nitrogens with two attached hydrogens (primary N) is 1. The first-order valence-electron chi connectivity index (χ1n) is 6.56. The zero-order valence-corrected chi connectivity index (χ0v) is 11.5. The Morgan fingerprint density at radius 1 is 1.09 bits per heavy atom. The second-order valence-electron chi connectivity index (χ2n) is 4.57. The van der Waals surface area contributed by atoms with Crippen molar-refractivity contribution >= 4 is 23.6 Å². The first-order valence-corrected chi connectivity index (χ1v) is 6.56. The van der Waals surface area contributed by atoms with Gasteiger partial charge in [0.15, 0.2) is 0 Å². The first-order chi connectivity index (χ1) is 10.6. The van der Waals surface area contributed by atoms with E-state index in [2.05, 4.69) is 10.3 Å². The van der Waals surface area contributed by atoms with Gasteiger partial charge in [-0.2, -0.15) is 4.98 Å². The van der Waals surface area contributed by atoms with E-state index in [1.54, 1.807) is 18.2 Å². The lowest BCUT2D eigenvalue weighted by atomic mass is 10.1. The highest BCUT2D eigenvalue weighted by molar-refractivity contribution is 5.95. The number of nitrogens with one attached hydrogen (secondary N) is 1. The van der Waals surface area contributed by atoms with Gasteiger partial charge >= 0.3 is 5.97 Å². The minimum atomic E-state index is -1.03. The molecule has 0 aliphatic rings. The van der Waals surface area contributed by atoms with Crippen molar-refractivity contribution in [2.45, 2.75) is 0 Å². The summed E-state index contributed by atoms with van der Waals surface area (Å²) in [6, 6.07) is 15.9. The van der Waals surface area contributed by atoms with Crippen LogP contribution >= 0.6 is 0 Å². The molecule has 3 rings (SSSR count). The van der Waals surface area contributed by atoms with Gasteiger partial charge in [-0.3, -0.25) is 0 Å². The van der Waals surface area contributed by atoms with E-state index in [0.29, 0.717) is 17.3 Å². The molecular formula is C16H13N3O3. The van der Waals surface area contributed by atoms with E-state index in [4.69, 9.17) is 10.2 Å². The normalized spacial score (nSPS) is 10.4. The van der Waals surface area contributed by atoms with Gasteiger partial charge in [0, 0.05) is 5.56 Å². The van der Waals surface area contributed by atoms with E-state index in [1.165, 1.54) is 6.07 Å². The summed E-state index contributed by atoms with van der Waals surface area (Å²) in [4.78, 5) is 15.4. The molecule has 6 nitrogen and oxygen atoms in total. The molecule has 0 spiro atoms. The summed E-state index contributed by atoms with van der Waals surface area (Å²) < 4.78 is 5.37. The topological polar surface area (TPSA) is 101 Å². The van der Waals surface area contributed by atoms with Gasteiger partial charge in [0.25, 0.3) is 6.01 Å². The molecule has 0 fully saturated rings. The summed E-state index contributed by atoms with van der Waals surface area (Å²) in [7, 11) is 0. The smallest absolute Gasteiger partial charge is 0.337 e. The number of carboxylic acid groups (broad SMARTS) is 1. The maximum atomic E-state index is 11.3. The molecule has 0 aliphatic carbocycles. The van der Waals surface area contributed by atoms with Crippen LogP contribution in [0.4, 0.5) is 17.6 Å². The minimum Gasteiger partial charge on any atom is -0.478 e. The molecule has 3 aromatic rings. The third-order valence-electron chi connectivity index (χ3n) is 3.10. The monoisotopic (exact) mass is 295 g/mol. The Morgan fingerprint density at radius 2 is 1.77 bits per heavy atom. The van der Waals surface area contributed by atoms with Crippen LogP contribution in [0.1, 0.15) is 10.4 Å². The summed E-state index contributed by atoms with van der Waals surface area (Å²) >= 11 is 0. The van der Waals surface area contributed by atoms with Gasteiger partial charge in [-0.15, -0.1) is 0 Å². The predicted molar refractivity (Wildman–Crippen MR) is 83.0 cm³/mol. The van der Waals surface area contributed by atoms with Crippen molar-refractivity contribution < 1.29 is 14.3 Å². The third-order valence-corrected chi connectivity index (χ3v) is 3.10. The van der Waals surface area contributed by atoms with Crippen molar-refractivity contribution in [1.29, 1.82) is 0 Å². The molecule has 0 aliphatic heterocycles. The number of carbonyl (C=O) groups is 1. The fourth-order valence-electron chi connectivity index (χ4n) is 2.11. The number of carboxylic acids is 1. The zero-order valence-electron chi connectivity index (χ0n) is 11.5. The number of benzene rings is 2. The lowest BCUT2D eigenvalue weighted by molar-refractivity contribution is 0.0698. The van der Waals surface area contributed by atoms with E-state index in [9.17, 15) is 9.90 Å². The number of hydrogen-bond acceptors (Lipinski definition) is 5. The van der Waals surface area contributed by atoms with Gasteiger partial charge in [0.2, 0.25) is 5.88 Å². The van der Waals surface area contributed by atoms with Crippen LogP contribution in [-0.4, -0.2) is 16.1 Å². The Kier molecular flexibility index (Phi) is 3.49.